The van der Waals surface area contributed by atoms with Crippen molar-refractivity contribution in [3.63, 3.8) is 0 Å². The molecule has 2 aromatic rings. The molecule has 0 radical (unpaired) electrons. The minimum absolute atomic E-state index is 0.0656. The fraction of sp³-hybridized carbons (Fsp3) is 0.550. The van der Waals surface area contributed by atoms with E-state index >= 15 is 0 Å². The molecule has 148 valence electrons. The largest absolute Gasteiger partial charge is 0.350 e. The summed E-state index contributed by atoms with van der Waals surface area (Å²) >= 11 is 0. The molecule has 2 atom stereocenters. The molecule has 2 unspecified atom stereocenters. The Morgan fingerprint density at radius 3 is 2.79 bits per heavy atom. The Hall–Kier alpha value is -2.63. The molecule has 2 heterocycles. The van der Waals surface area contributed by atoms with Gasteiger partial charge in [0, 0.05) is 25.0 Å². The van der Waals surface area contributed by atoms with E-state index in [1.54, 1.807) is 10.6 Å². The van der Waals surface area contributed by atoms with Crippen LogP contribution in [0.15, 0.2) is 21.7 Å². The van der Waals surface area contributed by atoms with Crippen LogP contribution < -0.4 is 27.7 Å². The van der Waals surface area contributed by atoms with Crippen molar-refractivity contribution in [2.24, 2.45) is 5.92 Å². The third-order valence-electron chi connectivity index (χ3n) is 5.99. The van der Waals surface area contributed by atoms with E-state index in [1.165, 1.54) is 0 Å². The fourth-order valence-electron chi connectivity index (χ4n) is 4.41. The van der Waals surface area contributed by atoms with E-state index in [0.717, 1.165) is 48.2 Å². The van der Waals surface area contributed by atoms with Crippen molar-refractivity contribution in [3.8, 4) is 6.07 Å². The van der Waals surface area contributed by atoms with Crippen molar-refractivity contribution >= 4 is 10.9 Å². The lowest BCUT2D eigenvalue weighted by atomic mass is 9.88. The predicted molar refractivity (Wildman–Crippen MR) is 108 cm³/mol. The maximum atomic E-state index is 12.7. The first-order valence-electron chi connectivity index (χ1n) is 9.91. The Bertz CT molecular complexity index is 1050. The van der Waals surface area contributed by atoms with Gasteiger partial charge in [0.15, 0.2) is 0 Å². The number of aryl methyl sites for hydroxylation is 1. The lowest BCUT2D eigenvalue weighted by molar-refractivity contribution is 0.387. The molecule has 0 bridgehead atoms. The van der Waals surface area contributed by atoms with Gasteiger partial charge in [0.25, 0.3) is 5.56 Å². The Labute approximate surface area is 162 Å². The number of aromatic nitrogens is 2. The summed E-state index contributed by atoms with van der Waals surface area (Å²) in [6, 6.07) is 6.13. The molecule has 0 amide bonds. The summed E-state index contributed by atoms with van der Waals surface area (Å²) in [5.41, 5.74) is 1.83. The Kier molecular flexibility index (Phi) is 4.96. The summed E-state index contributed by atoms with van der Waals surface area (Å²) in [5, 5.41) is 16.3. The Balaban J connectivity index is 1.89. The Morgan fingerprint density at radius 2 is 2.14 bits per heavy atom. The molecule has 1 saturated heterocycles. The topological polar surface area (TPSA) is 118 Å². The lowest BCUT2D eigenvalue weighted by Crippen LogP contribution is -2.44. The second kappa shape index (κ2) is 7.41. The number of hydrogen-bond acceptors (Lipinski definition) is 6. The molecule has 1 aliphatic carbocycles. The molecule has 2 fully saturated rings. The van der Waals surface area contributed by atoms with Crippen molar-refractivity contribution in [2.45, 2.75) is 44.7 Å². The highest BCUT2D eigenvalue weighted by Crippen LogP contribution is 2.38. The second-order valence-corrected chi connectivity index (χ2v) is 7.83. The molecule has 8 nitrogen and oxygen atoms in total. The van der Waals surface area contributed by atoms with Crippen molar-refractivity contribution in [1.82, 2.24) is 19.9 Å². The highest BCUT2D eigenvalue weighted by molar-refractivity contribution is 5.83. The van der Waals surface area contributed by atoms with Gasteiger partial charge >= 0.3 is 5.69 Å². The zero-order chi connectivity index (χ0) is 19.8. The van der Waals surface area contributed by atoms with Crippen LogP contribution in [0.3, 0.4) is 0 Å². The number of nitrogens with zero attached hydrogens (tertiary/aromatic N) is 3. The average molecular weight is 382 g/mol. The van der Waals surface area contributed by atoms with Gasteiger partial charge < -0.3 is 16.5 Å². The number of nitrogen functional groups attached to an aromatic ring is 1. The zero-order valence-corrected chi connectivity index (χ0v) is 16.1. The third kappa shape index (κ3) is 3.11. The van der Waals surface area contributed by atoms with Crippen LogP contribution in [0.1, 0.15) is 48.9 Å². The quantitative estimate of drug-likeness (QED) is 0.499. The van der Waals surface area contributed by atoms with Gasteiger partial charge in [0.1, 0.15) is 0 Å². The predicted octanol–water partition coefficient (Wildman–Crippen LogP) is 0.674. The van der Waals surface area contributed by atoms with Crippen LogP contribution in [0.5, 0.6) is 0 Å². The highest BCUT2D eigenvalue weighted by atomic mass is 16.2. The lowest BCUT2D eigenvalue weighted by Gasteiger charge is -2.27. The smallest absolute Gasteiger partial charge is 0.332 e. The van der Waals surface area contributed by atoms with Crippen LogP contribution in [0, 0.1) is 24.2 Å². The first-order valence-corrected chi connectivity index (χ1v) is 9.91. The van der Waals surface area contributed by atoms with E-state index in [4.69, 9.17) is 11.1 Å². The van der Waals surface area contributed by atoms with E-state index < -0.39 is 11.2 Å². The molecule has 1 saturated carbocycles. The van der Waals surface area contributed by atoms with Gasteiger partial charge in [0.2, 0.25) is 0 Å². The number of rotatable bonds is 6. The van der Waals surface area contributed by atoms with Crippen LogP contribution in [0.2, 0.25) is 0 Å². The van der Waals surface area contributed by atoms with Gasteiger partial charge in [-0.25, -0.2) is 4.79 Å². The number of hydrogen-bond donors (Lipinski definition) is 3. The van der Waals surface area contributed by atoms with Crippen LogP contribution in [-0.4, -0.2) is 28.9 Å². The van der Waals surface area contributed by atoms with E-state index in [0.29, 0.717) is 29.8 Å². The van der Waals surface area contributed by atoms with Gasteiger partial charge in [-0.1, -0.05) is 6.07 Å². The molecule has 4 rings (SSSR count). The summed E-state index contributed by atoms with van der Waals surface area (Å²) in [4.78, 5) is 25.3. The minimum Gasteiger partial charge on any atom is -0.332 e. The standard InChI is InChI=1S/C20H26N6O2/c1-12-15(17(24-9-2-8-21)13-7-10-23-11-13)5-6-16-18(12)25(14-3-4-14)20(28)26(22)19(16)27/h5-6,13-14,17,23-24H,2-4,7,9-11,22H2,1H3. The molecule has 8 heteroatoms. The van der Waals surface area contributed by atoms with Gasteiger partial charge in [-0.3, -0.25) is 9.36 Å². The molecule has 1 aromatic heterocycles. The molecule has 4 N–H and O–H groups in total. The molecule has 1 aromatic carbocycles. The minimum atomic E-state index is -0.455. The molecule has 0 spiro atoms. The summed E-state index contributed by atoms with van der Waals surface area (Å²) in [6.45, 7) is 4.46. The second-order valence-electron chi connectivity index (χ2n) is 7.83. The van der Waals surface area contributed by atoms with Crippen molar-refractivity contribution in [3.05, 3.63) is 44.1 Å². The maximum Gasteiger partial charge on any atom is 0.350 e. The monoisotopic (exact) mass is 382 g/mol. The normalized spacial score (nSPS) is 20.4. The molecular weight excluding hydrogens is 356 g/mol. The third-order valence-corrected chi connectivity index (χ3v) is 5.99. The number of nitrogens with one attached hydrogen (secondary N) is 2. The van der Waals surface area contributed by atoms with Crippen LogP contribution >= 0.6 is 0 Å². The summed E-state index contributed by atoms with van der Waals surface area (Å²) in [6.07, 6.45) is 3.33. The average Bonchev–Trinajstić information content (AvgIpc) is 3.38. The van der Waals surface area contributed by atoms with Gasteiger partial charge in [-0.15, -0.1) is 0 Å². The van der Waals surface area contributed by atoms with Crippen molar-refractivity contribution in [1.29, 1.82) is 5.26 Å². The number of nitriles is 1. The van der Waals surface area contributed by atoms with E-state index in [-0.39, 0.29) is 12.1 Å². The number of benzene rings is 1. The fourth-order valence-corrected chi connectivity index (χ4v) is 4.41. The molecule has 28 heavy (non-hydrogen) atoms. The summed E-state index contributed by atoms with van der Waals surface area (Å²) in [5.74, 6) is 6.16. The summed E-state index contributed by atoms with van der Waals surface area (Å²) in [7, 11) is 0. The van der Waals surface area contributed by atoms with Crippen LogP contribution in [0.4, 0.5) is 0 Å². The zero-order valence-electron chi connectivity index (χ0n) is 16.1. The van der Waals surface area contributed by atoms with E-state index in [2.05, 4.69) is 16.7 Å². The van der Waals surface area contributed by atoms with Gasteiger partial charge in [0.05, 0.1) is 17.0 Å². The van der Waals surface area contributed by atoms with E-state index in [9.17, 15) is 9.59 Å². The first kappa shape index (κ1) is 18.7. The maximum absolute atomic E-state index is 12.7. The Morgan fingerprint density at radius 1 is 1.36 bits per heavy atom. The molecule has 2 aliphatic rings. The molecule has 1 aliphatic heterocycles. The van der Waals surface area contributed by atoms with Crippen molar-refractivity contribution in [2.75, 3.05) is 25.5 Å². The SMILES string of the molecule is Cc1c(C(NCCC#N)C2CCNC2)ccc2c(=O)n(N)c(=O)n(C3CC3)c12. The number of fused-ring (bicyclic) bond motifs is 1. The highest BCUT2D eigenvalue weighted by Gasteiger charge is 2.31. The van der Waals surface area contributed by atoms with Crippen molar-refractivity contribution < 1.29 is 0 Å². The molecular formula is C20H26N6O2. The van der Waals surface area contributed by atoms with Gasteiger partial charge in [-0.2, -0.15) is 9.94 Å². The first-order chi connectivity index (χ1) is 13.5. The van der Waals surface area contributed by atoms with Gasteiger partial charge in [-0.05, 0) is 62.4 Å². The van der Waals surface area contributed by atoms with E-state index in [1.807, 2.05) is 13.0 Å². The van der Waals surface area contributed by atoms with Crippen LogP contribution in [0.25, 0.3) is 10.9 Å². The number of nitrogens with two attached hydrogens (primary N) is 1. The van der Waals surface area contributed by atoms with Crippen LogP contribution in [-0.2, 0) is 0 Å². The summed E-state index contributed by atoms with van der Waals surface area (Å²) < 4.78 is 2.43.